The average Bonchev–Trinajstić information content (AvgIpc) is 0.639. The van der Waals surface area contributed by atoms with E-state index in [0.717, 1.165) is 0 Å². The molecule has 1 spiro atoms. The third-order valence-corrected chi connectivity index (χ3v) is 23.1. The molecule has 0 bridgehead atoms. The normalized spacial score (nSPS) is 22.0. The fourth-order valence-electron chi connectivity index (χ4n) is 10.2. The number of anilines is 6. The van der Waals surface area contributed by atoms with Gasteiger partial charge in [-0.05, 0) is 0 Å². The van der Waals surface area contributed by atoms with Crippen LogP contribution in [-0.4, -0.2) is 13.3 Å². The Morgan fingerprint density at radius 1 is 0.184 bits per heavy atom. The van der Waals surface area contributed by atoms with Gasteiger partial charge in [-0.25, -0.2) is 0 Å². The second-order valence-corrected chi connectivity index (χ2v) is 25.6. The van der Waals surface area contributed by atoms with Crippen LogP contribution >= 0.6 is 0 Å². The summed E-state index contributed by atoms with van der Waals surface area (Å²) in [6.45, 7) is 0. The Kier molecular flexibility index (Phi) is 4.90. The van der Waals surface area contributed by atoms with Crippen molar-refractivity contribution in [3.8, 4) is 89.0 Å². The first-order chi connectivity index (χ1) is 67.3. The molecular formula is C84H58GeN2. The van der Waals surface area contributed by atoms with E-state index in [4.69, 9.17) is 19.2 Å². The van der Waals surface area contributed by atoms with Crippen LogP contribution in [-0.2, 0) is 0 Å². The van der Waals surface area contributed by atoms with Gasteiger partial charge in [-0.2, -0.15) is 0 Å². The summed E-state index contributed by atoms with van der Waals surface area (Å²) in [5.74, 6) is 0. The van der Waals surface area contributed by atoms with Crippen LogP contribution in [0.3, 0.4) is 0 Å². The van der Waals surface area contributed by atoms with Crippen molar-refractivity contribution in [1.82, 2.24) is 0 Å². The summed E-state index contributed by atoms with van der Waals surface area (Å²) >= 11 is -9.34. The van der Waals surface area contributed by atoms with Gasteiger partial charge in [-0.15, -0.1) is 0 Å². The van der Waals surface area contributed by atoms with Gasteiger partial charge >= 0.3 is 594 Å². The zero-order valence-electron chi connectivity index (χ0n) is 101. The first-order valence-electron chi connectivity index (χ1n) is 54.3. The summed E-state index contributed by atoms with van der Waals surface area (Å²) in [6.07, 6.45) is 0. The number of para-hydroxylation sites is 2. The molecule has 0 amide bonds. The van der Waals surface area contributed by atoms with Crippen molar-refractivity contribution in [2.24, 2.45) is 0 Å². The maximum absolute atomic E-state index is 12.0. The number of fused-ring (bicyclic) bond motifs is 8. The van der Waals surface area contributed by atoms with Gasteiger partial charge in [0, 0.05) is 0 Å². The summed E-state index contributed by atoms with van der Waals surface area (Å²) in [4.78, 5) is 0.259. The Morgan fingerprint density at radius 3 is 0.586 bits per heavy atom. The Labute approximate surface area is 593 Å². The molecule has 14 aromatic rings. The van der Waals surface area contributed by atoms with Gasteiger partial charge in [-0.1, -0.05) is 0 Å². The topological polar surface area (TPSA) is 6.48 Å². The number of rotatable bonds is 10. The zero-order chi connectivity index (χ0) is 108. The molecule has 2 aliphatic heterocycles. The molecule has 0 saturated carbocycles. The van der Waals surface area contributed by atoms with Gasteiger partial charge in [0.15, 0.2) is 0 Å². The minimum atomic E-state index is -9.34. The molecular weight excluding hydrogens is 1110 g/mol. The molecule has 408 valence electrons. The Morgan fingerprint density at radius 2 is 0.368 bits per heavy atom. The second-order valence-electron chi connectivity index (χ2n) is 18.3. The Balaban J connectivity index is 1.39. The molecule has 0 radical (unpaired) electrons. The van der Waals surface area contributed by atoms with Crippen LogP contribution in [0.5, 0.6) is 0 Å². The predicted molar refractivity (Wildman–Crippen MR) is 370 cm³/mol. The van der Waals surface area contributed by atoms with Crippen LogP contribution in [0.4, 0.5) is 34.1 Å². The van der Waals surface area contributed by atoms with E-state index in [2.05, 4.69) is 0 Å². The van der Waals surface area contributed by atoms with Crippen molar-refractivity contribution < 1.29 is 79.5 Å². The number of hydrogen-bond acceptors (Lipinski definition) is 2. The SMILES string of the molecule is [2H]c1c([2H])c([2H])c(-c2c([2H])c([2H])c([2H])c([2H])c2-c2c([2H])c([2H])c3[c](c2[2H])[Ge]2([c]4c([2H])c(-c5c([2H])c([2H])c([2H])c([2H])c5-c5c([2H])c([2H])c([2H])c([2H])c5[2H])c([2H])c([2H])c4N3c3c([2H])c([2H])c([2H])c([2H])c3[2H])[c]3c([2H])c(-c4c([2H])c([2H])c([2H])c([2H])c4-c4c([2H])c([2H])c([2H])c([2H])c4[2H])c([2H])c([2H])c3N(c3c([2H])c([2H])c([2H])c([2H])c3[2H])c3c([2H])c([2H])c(-c4c([2H])c([2H])c([2H])c([2H])c4-c4c([2H])c([2H])c([2H])c([2H])c4[2H])c([2H])[c]32)c([2H])c1[2H]. The average molecular weight is 1230 g/mol. The van der Waals surface area contributed by atoms with E-state index in [1.165, 1.54) is 0 Å². The molecule has 0 saturated heterocycles. The third kappa shape index (κ3) is 8.87. The Hall–Kier alpha value is -10.8. The van der Waals surface area contributed by atoms with Crippen LogP contribution in [0.2, 0.25) is 0 Å². The zero-order valence-corrected chi connectivity index (χ0v) is 45.5. The van der Waals surface area contributed by atoms with Gasteiger partial charge in [0.1, 0.15) is 0 Å². The summed E-state index contributed by atoms with van der Waals surface area (Å²) in [5, 5.41) is 0. The molecule has 14 aromatic carbocycles. The molecule has 87 heavy (non-hydrogen) atoms. The number of benzene rings is 14. The van der Waals surface area contributed by atoms with E-state index in [1.54, 1.807) is 0 Å². The molecule has 16 rings (SSSR count). The van der Waals surface area contributed by atoms with Crippen molar-refractivity contribution in [3.05, 3.63) is 350 Å². The summed E-state index contributed by atoms with van der Waals surface area (Å²) < 4.78 is 565. The fourth-order valence-corrected chi connectivity index (χ4v) is 20.4. The molecule has 0 aliphatic carbocycles. The Bertz CT molecular complexity index is 7400. The van der Waals surface area contributed by atoms with Gasteiger partial charge in [0.25, 0.3) is 0 Å². The van der Waals surface area contributed by atoms with Crippen LogP contribution in [0.15, 0.2) is 350 Å². The quantitative estimate of drug-likeness (QED) is 0.126. The second kappa shape index (κ2) is 22.0. The summed E-state index contributed by atoms with van der Waals surface area (Å²) in [7, 11) is 0. The van der Waals surface area contributed by atoms with Gasteiger partial charge < -0.3 is 0 Å². The predicted octanol–water partition coefficient (Wildman–Crippen LogP) is 20.0. The van der Waals surface area contributed by atoms with Crippen LogP contribution in [0.25, 0.3) is 89.0 Å². The standard InChI is InChI=1S/C84H58GeN2/c1-7-27-59(28-8-1)69-39-19-23-43-73(69)63-47-51-81-77(55-63)85(78-56-64(48-52-82(78)86(81)67-35-15-5-16-36-67)74-44-24-20-40-70(74)60-29-9-2-10-30-60)79-57-65(75-45-25-21-41-71(75)61-31-11-3-12-32-61)49-53-83(79)87(68-37-17-6-18-38-68)84-54-50-66(58-80(84)85)76-46-26-22-42-72(76)62-33-13-4-14-34-62/h1-58H/i1D,2D,3D,4D,5D,6D,7D,8D,9D,10D,11D,12D,13D,14D,15D,16D,17D,18D,19D,20D,21D,22D,23D,24D,25D,26D,27D,28D,29D,30D,31D,32D,33D,34D,35D,36D,37D,38D,39D,40D,41D,42D,43D,44D,45D,46D,47D,48D,49D,50D,51D,52D,53D,54D,55D,56D,57D,58D. The molecule has 0 atom stereocenters. The first-order valence-corrected chi connectivity index (χ1v) is 29.5. The van der Waals surface area contributed by atoms with Crippen LogP contribution in [0.1, 0.15) is 79.5 Å². The van der Waals surface area contributed by atoms with Crippen LogP contribution in [0, 0.1) is 0 Å². The van der Waals surface area contributed by atoms with Gasteiger partial charge in [-0.3, -0.25) is 0 Å². The minimum absolute atomic E-state index is 0.130. The third-order valence-electron chi connectivity index (χ3n) is 13.7. The van der Waals surface area contributed by atoms with Crippen molar-refractivity contribution in [2.75, 3.05) is 9.80 Å². The molecule has 2 nitrogen and oxygen atoms in total. The first kappa shape index (κ1) is 19.4. The van der Waals surface area contributed by atoms with E-state index in [-0.39, 0.29) is 9.80 Å². The number of nitrogens with zero attached hydrogens (tertiary/aromatic N) is 2. The molecule has 2 aliphatic rings. The molecule has 0 unspecified atom stereocenters. The van der Waals surface area contributed by atoms with Crippen molar-refractivity contribution >= 4 is 65.0 Å². The maximum atomic E-state index is 12.0. The fraction of sp³-hybridized carbons (Fsp3) is 0. The van der Waals surface area contributed by atoms with Crippen LogP contribution < -0.4 is 27.4 Å². The van der Waals surface area contributed by atoms with E-state index >= 15 is 0 Å². The molecule has 0 aromatic heterocycles. The van der Waals surface area contributed by atoms with Crippen molar-refractivity contribution in [3.63, 3.8) is 0 Å². The van der Waals surface area contributed by atoms with Crippen molar-refractivity contribution in [1.29, 1.82) is 0 Å². The van der Waals surface area contributed by atoms with E-state index in [9.17, 15) is 60.3 Å². The molecule has 0 fully saturated rings. The van der Waals surface area contributed by atoms with Crippen molar-refractivity contribution in [2.45, 2.75) is 0 Å². The summed E-state index contributed by atoms with van der Waals surface area (Å²) in [5.41, 5.74) is -33.3. The molecule has 3 heteroatoms. The number of hydrogen-bond donors (Lipinski definition) is 0. The van der Waals surface area contributed by atoms with E-state index in [0.29, 0.717) is 0 Å². The molecule has 0 N–H and O–H groups in total. The molecule has 2 heterocycles. The van der Waals surface area contributed by atoms with E-state index in [1.807, 2.05) is 0 Å². The van der Waals surface area contributed by atoms with E-state index < -0.39 is 504 Å². The monoisotopic (exact) mass is 1230 g/mol. The van der Waals surface area contributed by atoms with Gasteiger partial charge in [0.2, 0.25) is 0 Å². The van der Waals surface area contributed by atoms with Gasteiger partial charge in [0.05, 0.1) is 0 Å². The summed E-state index contributed by atoms with van der Waals surface area (Å²) in [6, 6.07) is -88.0.